The molecular formula is C21H18BrN5O3. The second-order valence-electron chi connectivity index (χ2n) is 7.10. The lowest BCUT2D eigenvalue weighted by Crippen LogP contribution is -2.40. The SMILES string of the molecule is Cc1c(C(=O)Nc2cccc(C3(C)NC(=O)NC3=O)c2)cnn1-c1ccc(Br)cc1. The number of halogens is 1. The first-order valence-corrected chi connectivity index (χ1v) is 9.93. The second kappa shape index (κ2) is 7.42. The lowest BCUT2D eigenvalue weighted by Gasteiger charge is -2.21. The van der Waals surface area contributed by atoms with Crippen molar-refractivity contribution in [2.24, 2.45) is 0 Å². The number of benzene rings is 2. The Kier molecular flexibility index (Phi) is 4.90. The second-order valence-corrected chi connectivity index (χ2v) is 8.02. The quantitative estimate of drug-likeness (QED) is 0.512. The summed E-state index contributed by atoms with van der Waals surface area (Å²) in [6.45, 7) is 3.43. The van der Waals surface area contributed by atoms with Gasteiger partial charge in [0.1, 0.15) is 5.54 Å². The number of anilines is 1. The van der Waals surface area contributed by atoms with Crippen LogP contribution in [0.25, 0.3) is 5.69 Å². The predicted molar refractivity (Wildman–Crippen MR) is 114 cm³/mol. The molecule has 4 amide bonds. The molecule has 2 heterocycles. The van der Waals surface area contributed by atoms with Crippen LogP contribution in [0.15, 0.2) is 59.2 Å². The first kappa shape index (κ1) is 19.8. The van der Waals surface area contributed by atoms with Gasteiger partial charge in [0.05, 0.1) is 23.1 Å². The van der Waals surface area contributed by atoms with Gasteiger partial charge in [0, 0.05) is 10.2 Å². The molecule has 1 aromatic heterocycles. The van der Waals surface area contributed by atoms with Crippen molar-refractivity contribution < 1.29 is 14.4 Å². The molecule has 30 heavy (non-hydrogen) atoms. The number of nitrogens with zero attached hydrogens (tertiary/aromatic N) is 2. The smallest absolute Gasteiger partial charge is 0.322 e. The standard InChI is InChI=1S/C21H18BrN5O3/c1-12-17(11-23-27(12)16-8-6-14(22)7-9-16)18(28)24-15-5-3-4-13(10-15)21(2)19(29)25-20(30)26-21/h3-11H,1-2H3,(H,24,28)(H2,25,26,29,30). The van der Waals surface area contributed by atoms with Crippen molar-refractivity contribution >= 4 is 39.5 Å². The number of hydrogen-bond donors (Lipinski definition) is 3. The number of amides is 4. The van der Waals surface area contributed by atoms with Crippen LogP contribution in [0.1, 0.15) is 28.5 Å². The number of imide groups is 1. The van der Waals surface area contributed by atoms with E-state index in [2.05, 4.69) is 37.0 Å². The highest BCUT2D eigenvalue weighted by Crippen LogP contribution is 2.27. The van der Waals surface area contributed by atoms with Gasteiger partial charge in [0.2, 0.25) is 0 Å². The van der Waals surface area contributed by atoms with Crippen molar-refractivity contribution in [2.75, 3.05) is 5.32 Å². The van der Waals surface area contributed by atoms with Crippen LogP contribution in [0, 0.1) is 6.92 Å². The van der Waals surface area contributed by atoms with E-state index in [1.54, 1.807) is 35.9 Å². The molecule has 0 saturated carbocycles. The average molecular weight is 468 g/mol. The number of urea groups is 1. The van der Waals surface area contributed by atoms with E-state index in [0.717, 1.165) is 10.2 Å². The van der Waals surface area contributed by atoms with Gasteiger partial charge in [-0.25, -0.2) is 9.48 Å². The molecule has 9 heteroatoms. The monoisotopic (exact) mass is 467 g/mol. The zero-order valence-electron chi connectivity index (χ0n) is 16.2. The summed E-state index contributed by atoms with van der Waals surface area (Å²) in [5.74, 6) is -0.763. The number of carbonyl (C=O) groups is 3. The molecule has 8 nitrogen and oxygen atoms in total. The molecule has 2 aromatic carbocycles. The number of carbonyl (C=O) groups excluding carboxylic acids is 3. The predicted octanol–water partition coefficient (Wildman–Crippen LogP) is 3.25. The van der Waals surface area contributed by atoms with Crippen LogP contribution in [0.3, 0.4) is 0 Å². The van der Waals surface area contributed by atoms with Crippen LogP contribution >= 0.6 is 15.9 Å². The molecule has 1 aliphatic rings. The van der Waals surface area contributed by atoms with Gasteiger partial charge in [0.15, 0.2) is 0 Å². The number of aromatic nitrogens is 2. The van der Waals surface area contributed by atoms with Gasteiger partial charge in [-0.05, 0) is 55.8 Å². The summed E-state index contributed by atoms with van der Waals surface area (Å²) in [7, 11) is 0. The Hall–Kier alpha value is -3.46. The molecule has 1 aliphatic heterocycles. The summed E-state index contributed by atoms with van der Waals surface area (Å²) in [6, 6.07) is 13.9. The molecule has 3 aromatic rings. The van der Waals surface area contributed by atoms with Gasteiger partial charge in [-0.1, -0.05) is 28.1 Å². The zero-order chi connectivity index (χ0) is 21.5. The molecule has 1 saturated heterocycles. The van der Waals surface area contributed by atoms with E-state index in [4.69, 9.17) is 0 Å². The molecule has 152 valence electrons. The van der Waals surface area contributed by atoms with E-state index < -0.39 is 17.5 Å². The fraction of sp³-hybridized carbons (Fsp3) is 0.143. The highest BCUT2D eigenvalue weighted by atomic mass is 79.9. The fourth-order valence-corrected chi connectivity index (χ4v) is 3.59. The first-order chi connectivity index (χ1) is 14.3. The molecule has 1 atom stereocenters. The largest absolute Gasteiger partial charge is 0.322 e. The van der Waals surface area contributed by atoms with E-state index in [1.807, 2.05) is 31.2 Å². The number of nitrogens with one attached hydrogen (secondary N) is 3. The lowest BCUT2D eigenvalue weighted by atomic mass is 9.92. The van der Waals surface area contributed by atoms with E-state index in [-0.39, 0.29) is 5.91 Å². The van der Waals surface area contributed by atoms with Crippen LogP contribution < -0.4 is 16.0 Å². The molecule has 1 unspecified atom stereocenters. The van der Waals surface area contributed by atoms with Crippen molar-refractivity contribution in [1.29, 1.82) is 0 Å². The maximum absolute atomic E-state index is 12.8. The zero-order valence-corrected chi connectivity index (χ0v) is 17.8. The van der Waals surface area contributed by atoms with Crippen molar-refractivity contribution in [1.82, 2.24) is 20.4 Å². The Morgan fingerprint density at radius 2 is 1.90 bits per heavy atom. The topological polar surface area (TPSA) is 105 Å². The van der Waals surface area contributed by atoms with E-state index >= 15 is 0 Å². The molecule has 3 N–H and O–H groups in total. The highest BCUT2D eigenvalue weighted by molar-refractivity contribution is 9.10. The molecule has 1 fully saturated rings. The number of rotatable bonds is 4. The van der Waals surface area contributed by atoms with Gasteiger partial charge in [-0.3, -0.25) is 14.9 Å². The first-order valence-electron chi connectivity index (χ1n) is 9.14. The van der Waals surface area contributed by atoms with Gasteiger partial charge in [-0.2, -0.15) is 5.10 Å². The minimum atomic E-state index is -1.19. The molecule has 0 bridgehead atoms. The molecule has 4 rings (SSSR count). The maximum atomic E-state index is 12.8. The Morgan fingerprint density at radius 3 is 2.57 bits per heavy atom. The van der Waals surface area contributed by atoms with Crippen LogP contribution in [0.5, 0.6) is 0 Å². The van der Waals surface area contributed by atoms with E-state index in [1.165, 1.54) is 6.20 Å². The lowest BCUT2D eigenvalue weighted by molar-refractivity contribution is -0.123. The summed E-state index contributed by atoms with van der Waals surface area (Å²) in [4.78, 5) is 36.6. The van der Waals surface area contributed by atoms with Gasteiger partial charge in [0.25, 0.3) is 11.8 Å². The van der Waals surface area contributed by atoms with Crippen LogP contribution in [-0.2, 0) is 10.3 Å². The molecular weight excluding hydrogens is 450 g/mol. The van der Waals surface area contributed by atoms with Crippen molar-refractivity contribution in [3.8, 4) is 5.69 Å². The minimum absolute atomic E-state index is 0.321. The molecule has 0 radical (unpaired) electrons. The van der Waals surface area contributed by atoms with Crippen LogP contribution in [0.4, 0.5) is 10.5 Å². The third-order valence-corrected chi connectivity index (χ3v) is 5.60. The summed E-state index contributed by atoms with van der Waals surface area (Å²) >= 11 is 3.40. The third kappa shape index (κ3) is 3.48. The summed E-state index contributed by atoms with van der Waals surface area (Å²) in [6.07, 6.45) is 1.52. The van der Waals surface area contributed by atoms with Crippen molar-refractivity contribution in [3.63, 3.8) is 0 Å². The summed E-state index contributed by atoms with van der Waals surface area (Å²) in [5.41, 5.74) is 1.84. The summed E-state index contributed by atoms with van der Waals surface area (Å²) in [5, 5.41) is 12.0. The van der Waals surface area contributed by atoms with Crippen LogP contribution in [0.2, 0.25) is 0 Å². The van der Waals surface area contributed by atoms with Crippen molar-refractivity contribution in [3.05, 3.63) is 76.0 Å². The van der Waals surface area contributed by atoms with Gasteiger partial charge >= 0.3 is 6.03 Å². The van der Waals surface area contributed by atoms with Crippen LogP contribution in [-0.4, -0.2) is 27.6 Å². The Balaban J connectivity index is 1.57. The van der Waals surface area contributed by atoms with Gasteiger partial charge < -0.3 is 10.6 Å². The van der Waals surface area contributed by atoms with Gasteiger partial charge in [-0.15, -0.1) is 0 Å². The molecule has 0 aliphatic carbocycles. The number of hydrogen-bond acceptors (Lipinski definition) is 4. The Labute approximate surface area is 180 Å². The normalized spacial score (nSPS) is 18.1. The minimum Gasteiger partial charge on any atom is -0.322 e. The third-order valence-electron chi connectivity index (χ3n) is 5.07. The van der Waals surface area contributed by atoms with Crippen molar-refractivity contribution in [2.45, 2.75) is 19.4 Å². The Morgan fingerprint density at radius 1 is 1.17 bits per heavy atom. The fourth-order valence-electron chi connectivity index (χ4n) is 3.33. The van der Waals surface area contributed by atoms with E-state index in [9.17, 15) is 14.4 Å². The summed E-state index contributed by atoms with van der Waals surface area (Å²) < 4.78 is 2.65. The molecule has 0 spiro atoms. The van der Waals surface area contributed by atoms with E-state index in [0.29, 0.717) is 22.5 Å². The Bertz CT molecular complexity index is 1170. The highest BCUT2D eigenvalue weighted by Gasteiger charge is 2.43. The average Bonchev–Trinajstić information content (AvgIpc) is 3.22. The maximum Gasteiger partial charge on any atom is 0.322 e.